The van der Waals surface area contributed by atoms with Crippen LogP contribution in [0.5, 0.6) is 0 Å². The van der Waals surface area contributed by atoms with Crippen LogP contribution in [0.3, 0.4) is 0 Å². The van der Waals surface area contributed by atoms with E-state index in [1.807, 2.05) is 0 Å². The summed E-state index contributed by atoms with van der Waals surface area (Å²) in [5, 5.41) is 3.31. The maximum Gasteiger partial charge on any atom is 0.435 e. The van der Waals surface area contributed by atoms with Crippen LogP contribution in [0.15, 0.2) is 6.07 Å². The zero-order valence-electron chi connectivity index (χ0n) is 7.26. The topological polar surface area (TPSA) is 43.8 Å². The van der Waals surface area contributed by atoms with E-state index in [2.05, 4.69) is 5.10 Å². The molecule has 1 atom stereocenters. The quantitative estimate of drug-likeness (QED) is 0.733. The first kappa shape index (κ1) is 10.0. The lowest BCUT2D eigenvalue weighted by Gasteiger charge is -2.03. The first-order valence-electron chi connectivity index (χ1n) is 3.69. The van der Waals surface area contributed by atoms with Gasteiger partial charge in [0.1, 0.15) is 0 Å². The van der Waals surface area contributed by atoms with E-state index in [0.29, 0.717) is 5.69 Å². The molecule has 1 heterocycles. The largest absolute Gasteiger partial charge is 0.435 e. The minimum Gasteiger partial charge on any atom is -0.323 e. The van der Waals surface area contributed by atoms with Gasteiger partial charge in [-0.15, -0.1) is 0 Å². The molecule has 0 saturated carbocycles. The summed E-state index contributed by atoms with van der Waals surface area (Å²) in [6.45, 7) is 1.61. The lowest BCUT2D eigenvalue weighted by atomic mass is 10.2. The van der Waals surface area contributed by atoms with E-state index in [-0.39, 0.29) is 0 Å². The van der Waals surface area contributed by atoms with Crippen LogP contribution in [0, 0.1) is 0 Å². The van der Waals surface area contributed by atoms with Gasteiger partial charge in [0, 0.05) is 13.1 Å². The summed E-state index contributed by atoms with van der Waals surface area (Å²) in [6, 6.07) is 0.513. The molecular weight excluding hydrogens is 183 g/mol. The summed E-state index contributed by atoms with van der Waals surface area (Å²) in [5.41, 5.74) is 4.91. The summed E-state index contributed by atoms with van der Waals surface area (Å²) in [4.78, 5) is 0. The third kappa shape index (κ3) is 2.00. The number of halogens is 3. The average molecular weight is 193 g/mol. The van der Waals surface area contributed by atoms with E-state index < -0.39 is 17.9 Å². The molecule has 2 N–H and O–H groups in total. The fourth-order valence-electron chi connectivity index (χ4n) is 1.05. The summed E-state index contributed by atoms with van der Waals surface area (Å²) in [5.74, 6) is 0. The van der Waals surface area contributed by atoms with Crippen LogP contribution in [-0.4, -0.2) is 9.78 Å². The monoisotopic (exact) mass is 193 g/mol. The number of nitrogens with zero attached hydrogens (tertiary/aromatic N) is 2. The molecule has 1 rings (SSSR count). The van der Waals surface area contributed by atoms with Crippen molar-refractivity contribution in [3.63, 3.8) is 0 Å². The summed E-state index contributed by atoms with van der Waals surface area (Å²) in [6.07, 6.45) is -4.40. The van der Waals surface area contributed by atoms with E-state index in [0.717, 1.165) is 10.7 Å². The molecule has 0 aliphatic rings. The van der Waals surface area contributed by atoms with Gasteiger partial charge in [0.25, 0.3) is 0 Å². The number of aromatic nitrogens is 2. The van der Waals surface area contributed by atoms with Crippen molar-refractivity contribution in [1.29, 1.82) is 0 Å². The van der Waals surface area contributed by atoms with Crippen molar-refractivity contribution in [3.05, 3.63) is 17.5 Å². The first-order chi connectivity index (χ1) is 5.82. The van der Waals surface area contributed by atoms with E-state index in [1.165, 1.54) is 7.05 Å². The molecule has 0 spiro atoms. The predicted molar refractivity (Wildman–Crippen MR) is 40.8 cm³/mol. The van der Waals surface area contributed by atoms with Crippen LogP contribution in [0.1, 0.15) is 24.4 Å². The molecule has 6 heteroatoms. The molecule has 0 aliphatic heterocycles. The average Bonchev–Trinajstić information content (AvgIpc) is 2.29. The number of hydrogen-bond donors (Lipinski definition) is 1. The Bertz CT molecular complexity index is 300. The molecule has 13 heavy (non-hydrogen) atoms. The zero-order chi connectivity index (χ0) is 10.2. The summed E-state index contributed by atoms with van der Waals surface area (Å²) >= 11 is 0. The normalized spacial score (nSPS) is 14.6. The molecule has 1 aromatic rings. The highest BCUT2D eigenvalue weighted by Gasteiger charge is 2.34. The molecule has 0 bridgehead atoms. The van der Waals surface area contributed by atoms with Crippen molar-refractivity contribution in [2.75, 3.05) is 0 Å². The molecule has 0 aliphatic carbocycles. The van der Waals surface area contributed by atoms with Crippen molar-refractivity contribution in [3.8, 4) is 0 Å². The van der Waals surface area contributed by atoms with Crippen LogP contribution >= 0.6 is 0 Å². The zero-order valence-corrected chi connectivity index (χ0v) is 7.26. The highest BCUT2D eigenvalue weighted by molar-refractivity contribution is 5.15. The van der Waals surface area contributed by atoms with Crippen molar-refractivity contribution in [2.24, 2.45) is 12.8 Å². The Kier molecular flexibility index (Phi) is 2.34. The van der Waals surface area contributed by atoms with Gasteiger partial charge < -0.3 is 5.73 Å². The second kappa shape index (κ2) is 3.02. The summed E-state index contributed by atoms with van der Waals surface area (Å²) in [7, 11) is 1.44. The molecule has 1 aromatic heterocycles. The van der Waals surface area contributed by atoms with Crippen molar-refractivity contribution in [1.82, 2.24) is 9.78 Å². The minimum absolute atomic E-state index is 0.368. The predicted octanol–water partition coefficient (Wildman–Crippen LogP) is 1.46. The van der Waals surface area contributed by atoms with Crippen LogP contribution < -0.4 is 5.73 Å². The van der Waals surface area contributed by atoms with Gasteiger partial charge in [-0.2, -0.15) is 18.3 Å². The van der Waals surface area contributed by atoms with Gasteiger partial charge in [-0.1, -0.05) is 0 Å². The highest BCUT2D eigenvalue weighted by Crippen LogP contribution is 2.29. The molecule has 0 saturated heterocycles. The Balaban J connectivity index is 3.10. The van der Waals surface area contributed by atoms with E-state index in [4.69, 9.17) is 5.73 Å². The maximum absolute atomic E-state index is 12.1. The van der Waals surface area contributed by atoms with Crippen molar-refractivity contribution >= 4 is 0 Å². The van der Waals surface area contributed by atoms with Gasteiger partial charge in [0.2, 0.25) is 0 Å². The molecule has 0 unspecified atom stereocenters. The van der Waals surface area contributed by atoms with Gasteiger partial charge in [0.15, 0.2) is 5.69 Å². The molecular formula is C7H10F3N3. The lowest BCUT2D eigenvalue weighted by molar-refractivity contribution is -0.141. The van der Waals surface area contributed by atoms with E-state index in [9.17, 15) is 13.2 Å². The van der Waals surface area contributed by atoms with Crippen molar-refractivity contribution in [2.45, 2.75) is 19.1 Å². The summed E-state index contributed by atoms with van der Waals surface area (Å²) < 4.78 is 37.5. The standard InChI is InChI=1S/C7H10F3N3/c1-4(11)5-3-6(7(8,9)10)12-13(5)2/h3-4H,11H2,1-2H3/t4-/m1/s1. The van der Waals surface area contributed by atoms with Gasteiger partial charge >= 0.3 is 6.18 Å². The molecule has 0 aromatic carbocycles. The van der Waals surface area contributed by atoms with Crippen LogP contribution in [0.4, 0.5) is 13.2 Å². The van der Waals surface area contributed by atoms with E-state index in [1.54, 1.807) is 6.92 Å². The minimum atomic E-state index is -4.40. The maximum atomic E-state index is 12.1. The molecule has 0 radical (unpaired) electrons. The first-order valence-corrected chi connectivity index (χ1v) is 3.69. The van der Waals surface area contributed by atoms with Gasteiger partial charge in [-0.25, -0.2) is 0 Å². The molecule has 0 amide bonds. The number of aryl methyl sites for hydroxylation is 1. The Labute approximate surface area is 73.3 Å². The fraction of sp³-hybridized carbons (Fsp3) is 0.571. The Morgan fingerprint density at radius 1 is 1.54 bits per heavy atom. The number of nitrogens with two attached hydrogens (primary N) is 1. The van der Waals surface area contributed by atoms with Gasteiger partial charge in [-0.3, -0.25) is 4.68 Å². The molecule has 3 nitrogen and oxygen atoms in total. The third-order valence-corrected chi connectivity index (χ3v) is 1.67. The van der Waals surface area contributed by atoms with Crippen LogP contribution in [0.25, 0.3) is 0 Å². The molecule has 74 valence electrons. The third-order valence-electron chi connectivity index (χ3n) is 1.67. The molecule has 0 fully saturated rings. The lowest BCUT2D eigenvalue weighted by Crippen LogP contribution is -2.10. The fourth-order valence-corrected chi connectivity index (χ4v) is 1.05. The van der Waals surface area contributed by atoms with Crippen LogP contribution in [0.2, 0.25) is 0 Å². The van der Waals surface area contributed by atoms with Crippen LogP contribution in [-0.2, 0) is 13.2 Å². The number of rotatable bonds is 1. The van der Waals surface area contributed by atoms with Gasteiger partial charge in [0.05, 0.1) is 5.69 Å². The van der Waals surface area contributed by atoms with E-state index >= 15 is 0 Å². The Hall–Kier alpha value is -1.04. The second-order valence-electron chi connectivity index (χ2n) is 2.86. The Morgan fingerprint density at radius 3 is 2.31 bits per heavy atom. The SMILES string of the molecule is C[C@@H](N)c1cc(C(F)(F)F)nn1C. The number of hydrogen-bond acceptors (Lipinski definition) is 2. The number of alkyl halides is 3. The smallest absolute Gasteiger partial charge is 0.323 e. The van der Waals surface area contributed by atoms with Crippen molar-refractivity contribution < 1.29 is 13.2 Å². The Morgan fingerprint density at radius 2 is 2.08 bits per heavy atom. The second-order valence-corrected chi connectivity index (χ2v) is 2.86. The van der Waals surface area contributed by atoms with Gasteiger partial charge in [-0.05, 0) is 13.0 Å². The highest BCUT2D eigenvalue weighted by atomic mass is 19.4.